The monoisotopic (exact) mass is 271 g/mol. The minimum atomic E-state index is -0.573. The zero-order valence-electron chi connectivity index (χ0n) is 10.4. The summed E-state index contributed by atoms with van der Waals surface area (Å²) in [4.78, 5) is 10.5. The van der Waals surface area contributed by atoms with Crippen LogP contribution in [0.2, 0.25) is 0 Å². The summed E-state index contributed by atoms with van der Waals surface area (Å²) < 4.78 is 19.0. The van der Waals surface area contributed by atoms with Crippen molar-refractivity contribution in [3.63, 3.8) is 0 Å². The number of hydrogen-bond donors (Lipinski definition) is 0. The first kappa shape index (κ1) is 12.3. The normalized spacial score (nSPS) is 10.8. The van der Waals surface area contributed by atoms with Crippen molar-refractivity contribution < 1.29 is 13.7 Å². The van der Waals surface area contributed by atoms with Crippen LogP contribution < -0.4 is 0 Å². The number of rotatable bonds is 3. The number of furan rings is 1. The zero-order chi connectivity index (χ0) is 14.1. The molecule has 0 atom stereocenters. The highest BCUT2D eigenvalue weighted by atomic mass is 19.1. The maximum atomic E-state index is 13.7. The summed E-state index contributed by atoms with van der Waals surface area (Å²) in [6.07, 6.45) is 0.125. The summed E-state index contributed by atoms with van der Waals surface area (Å²) in [5, 5.41) is 11.7. The molecule has 0 spiro atoms. The van der Waals surface area contributed by atoms with Crippen LogP contribution >= 0.6 is 0 Å². The molecule has 3 aromatic rings. The predicted molar refractivity (Wildman–Crippen MR) is 72.1 cm³/mol. The fraction of sp³-hybridized carbons (Fsp3) is 0.0667. The van der Waals surface area contributed by atoms with Crippen LogP contribution in [0.25, 0.3) is 11.0 Å². The van der Waals surface area contributed by atoms with Gasteiger partial charge in [0.1, 0.15) is 16.3 Å². The Balaban J connectivity index is 2.17. The van der Waals surface area contributed by atoms with Gasteiger partial charge in [-0.3, -0.25) is 10.1 Å². The van der Waals surface area contributed by atoms with Gasteiger partial charge in [-0.1, -0.05) is 36.4 Å². The molecule has 0 bridgehead atoms. The molecule has 0 aliphatic carbocycles. The second-order valence-corrected chi connectivity index (χ2v) is 4.41. The van der Waals surface area contributed by atoms with Gasteiger partial charge in [0, 0.05) is 11.8 Å². The summed E-state index contributed by atoms with van der Waals surface area (Å²) in [5.74, 6) is -0.707. The molecular weight excluding hydrogens is 261 g/mol. The number of hydrogen-bond acceptors (Lipinski definition) is 3. The molecule has 0 radical (unpaired) electrons. The third-order valence-corrected chi connectivity index (χ3v) is 3.17. The van der Waals surface area contributed by atoms with E-state index in [-0.39, 0.29) is 18.1 Å². The van der Waals surface area contributed by atoms with E-state index in [4.69, 9.17) is 4.42 Å². The molecule has 100 valence electrons. The first-order valence-electron chi connectivity index (χ1n) is 6.05. The lowest BCUT2D eigenvalue weighted by atomic mass is 10.0. The molecule has 5 heteroatoms. The third kappa shape index (κ3) is 2.03. The highest BCUT2D eigenvalue weighted by molar-refractivity contribution is 5.84. The fourth-order valence-electron chi connectivity index (χ4n) is 2.24. The van der Waals surface area contributed by atoms with Crippen molar-refractivity contribution >= 4 is 16.9 Å². The Kier molecular flexibility index (Phi) is 2.95. The molecule has 1 heterocycles. The standard InChI is InChI=1S/C15H10FNO3/c16-13-7-3-1-5-10(13)9-12-11-6-2-4-8-14(11)20-15(12)17(18)19/h1-8H,9H2. The van der Waals surface area contributed by atoms with Gasteiger partial charge in [-0.25, -0.2) is 4.39 Å². The highest BCUT2D eigenvalue weighted by Gasteiger charge is 2.24. The molecule has 0 unspecified atom stereocenters. The smallest absolute Gasteiger partial charge is 0.400 e. The SMILES string of the molecule is O=[N+]([O-])c1oc2ccccc2c1Cc1ccccc1F. The maximum absolute atomic E-state index is 13.7. The van der Waals surface area contributed by atoms with Crippen molar-refractivity contribution in [2.24, 2.45) is 0 Å². The van der Waals surface area contributed by atoms with E-state index in [0.29, 0.717) is 22.1 Å². The highest BCUT2D eigenvalue weighted by Crippen LogP contribution is 2.33. The lowest BCUT2D eigenvalue weighted by Crippen LogP contribution is -1.96. The van der Waals surface area contributed by atoms with Crippen molar-refractivity contribution in [2.75, 3.05) is 0 Å². The Bertz CT molecular complexity index is 795. The van der Waals surface area contributed by atoms with Crippen molar-refractivity contribution in [1.29, 1.82) is 0 Å². The van der Waals surface area contributed by atoms with Gasteiger partial charge in [-0.15, -0.1) is 0 Å². The Hall–Kier alpha value is -2.69. The van der Waals surface area contributed by atoms with Gasteiger partial charge >= 0.3 is 5.88 Å². The minimum Gasteiger partial charge on any atom is -0.400 e. The topological polar surface area (TPSA) is 56.3 Å². The lowest BCUT2D eigenvalue weighted by molar-refractivity contribution is -0.402. The zero-order valence-corrected chi connectivity index (χ0v) is 10.4. The van der Waals surface area contributed by atoms with Crippen LogP contribution in [0.4, 0.5) is 10.3 Å². The van der Waals surface area contributed by atoms with E-state index in [0.717, 1.165) is 0 Å². The van der Waals surface area contributed by atoms with Crippen molar-refractivity contribution in [3.05, 3.63) is 75.6 Å². The average molecular weight is 271 g/mol. The van der Waals surface area contributed by atoms with Crippen molar-refractivity contribution in [3.8, 4) is 0 Å². The number of nitro groups is 1. The van der Waals surface area contributed by atoms with Crippen LogP contribution in [0.3, 0.4) is 0 Å². The van der Waals surface area contributed by atoms with E-state index in [9.17, 15) is 14.5 Å². The summed E-state index contributed by atoms with van der Waals surface area (Å²) in [6.45, 7) is 0. The number of para-hydroxylation sites is 1. The summed E-state index contributed by atoms with van der Waals surface area (Å²) in [7, 11) is 0. The molecule has 0 aliphatic heterocycles. The van der Waals surface area contributed by atoms with Crippen LogP contribution in [0.15, 0.2) is 52.9 Å². The molecular formula is C15H10FNO3. The van der Waals surface area contributed by atoms with Crippen LogP contribution in [0.1, 0.15) is 11.1 Å². The molecule has 0 saturated heterocycles. The second kappa shape index (κ2) is 4.77. The van der Waals surface area contributed by atoms with E-state index in [2.05, 4.69) is 0 Å². The van der Waals surface area contributed by atoms with E-state index in [1.807, 2.05) is 0 Å². The first-order chi connectivity index (χ1) is 9.66. The van der Waals surface area contributed by atoms with Gasteiger partial charge < -0.3 is 4.42 Å². The molecule has 4 nitrogen and oxygen atoms in total. The largest absolute Gasteiger partial charge is 0.437 e. The Labute approximate surface area is 113 Å². The molecule has 0 amide bonds. The second-order valence-electron chi connectivity index (χ2n) is 4.41. The van der Waals surface area contributed by atoms with E-state index >= 15 is 0 Å². The van der Waals surface area contributed by atoms with E-state index in [1.54, 1.807) is 42.5 Å². The Morgan fingerprint density at radius 1 is 1.10 bits per heavy atom. The molecule has 0 aliphatic rings. The van der Waals surface area contributed by atoms with Crippen molar-refractivity contribution in [1.82, 2.24) is 0 Å². The summed E-state index contributed by atoms with van der Waals surface area (Å²) in [5.41, 5.74) is 1.24. The predicted octanol–water partition coefficient (Wildman–Crippen LogP) is 4.07. The van der Waals surface area contributed by atoms with Crippen LogP contribution in [0.5, 0.6) is 0 Å². The Morgan fingerprint density at radius 3 is 2.55 bits per heavy atom. The van der Waals surface area contributed by atoms with Crippen molar-refractivity contribution in [2.45, 2.75) is 6.42 Å². The quantitative estimate of drug-likeness (QED) is 0.533. The molecule has 3 rings (SSSR count). The first-order valence-corrected chi connectivity index (χ1v) is 6.05. The number of fused-ring (bicyclic) bond motifs is 1. The van der Waals surface area contributed by atoms with Crippen LogP contribution in [-0.2, 0) is 6.42 Å². The number of nitrogens with zero attached hydrogens (tertiary/aromatic N) is 1. The summed E-state index contributed by atoms with van der Waals surface area (Å²) in [6, 6.07) is 13.1. The van der Waals surface area contributed by atoms with Gasteiger partial charge in [0.25, 0.3) is 0 Å². The molecule has 20 heavy (non-hydrogen) atoms. The van der Waals surface area contributed by atoms with Crippen LogP contribution in [0, 0.1) is 15.9 Å². The summed E-state index contributed by atoms with van der Waals surface area (Å²) >= 11 is 0. The molecule has 0 saturated carbocycles. The maximum Gasteiger partial charge on any atom is 0.437 e. The number of benzene rings is 2. The third-order valence-electron chi connectivity index (χ3n) is 3.17. The van der Waals surface area contributed by atoms with Gasteiger partial charge in [-0.05, 0) is 17.7 Å². The molecule has 1 aromatic heterocycles. The average Bonchev–Trinajstić information content (AvgIpc) is 2.81. The molecule has 0 fully saturated rings. The van der Waals surface area contributed by atoms with Gasteiger partial charge in [0.15, 0.2) is 0 Å². The van der Waals surface area contributed by atoms with E-state index < -0.39 is 4.92 Å². The Morgan fingerprint density at radius 2 is 1.80 bits per heavy atom. The molecule has 0 N–H and O–H groups in total. The van der Waals surface area contributed by atoms with Gasteiger partial charge in [0.2, 0.25) is 0 Å². The minimum absolute atomic E-state index is 0.125. The van der Waals surface area contributed by atoms with Crippen LogP contribution in [-0.4, -0.2) is 4.92 Å². The lowest BCUT2D eigenvalue weighted by Gasteiger charge is -2.01. The molecule has 2 aromatic carbocycles. The number of halogens is 1. The van der Waals surface area contributed by atoms with E-state index in [1.165, 1.54) is 6.07 Å². The van der Waals surface area contributed by atoms with Gasteiger partial charge in [-0.2, -0.15) is 0 Å². The fourth-order valence-corrected chi connectivity index (χ4v) is 2.24. The van der Waals surface area contributed by atoms with Gasteiger partial charge in [0.05, 0.1) is 5.56 Å².